The van der Waals surface area contributed by atoms with Gasteiger partial charge in [0.25, 0.3) is 5.91 Å². The Morgan fingerprint density at radius 3 is 2.00 bits per heavy atom. The number of phosphoric acid groups is 1. The predicted octanol–water partition coefficient (Wildman–Crippen LogP) is 8.91. The highest BCUT2D eigenvalue weighted by Crippen LogP contribution is 2.49. The third-order valence-electron chi connectivity index (χ3n) is 5.98. The summed E-state index contributed by atoms with van der Waals surface area (Å²) in [4.78, 5) is 12.8. The van der Waals surface area contributed by atoms with E-state index in [4.69, 9.17) is 18.3 Å². The predicted molar refractivity (Wildman–Crippen MR) is 157 cm³/mol. The van der Waals surface area contributed by atoms with Gasteiger partial charge in [-0.25, -0.2) is 4.57 Å². The first kappa shape index (κ1) is 30.4. The van der Waals surface area contributed by atoms with Gasteiger partial charge in [-0.15, -0.1) is 0 Å². The summed E-state index contributed by atoms with van der Waals surface area (Å²) >= 11 is 0. The molecule has 0 spiro atoms. The number of ether oxygens (including phenoxy) is 1. The normalized spacial score (nSPS) is 11.3. The Balaban J connectivity index is 1.53. The average molecular weight is 554 g/mol. The van der Waals surface area contributed by atoms with Crippen LogP contribution in [0.5, 0.6) is 11.5 Å². The van der Waals surface area contributed by atoms with Crippen LogP contribution >= 0.6 is 7.82 Å². The van der Waals surface area contributed by atoms with Gasteiger partial charge in [0.05, 0.1) is 19.8 Å². The van der Waals surface area contributed by atoms with Gasteiger partial charge in [-0.3, -0.25) is 13.8 Å². The second-order valence-electron chi connectivity index (χ2n) is 9.07. The van der Waals surface area contributed by atoms with E-state index in [1.807, 2.05) is 36.4 Å². The molecule has 0 saturated carbocycles. The number of nitrogens with one attached hydrogen (secondary N) is 1. The minimum atomic E-state index is -3.72. The molecule has 0 saturated heterocycles. The van der Waals surface area contributed by atoms with Crippen molar-refractivity contribution in [3.8, 4) is 22.6 Å². The quantitative estimate of drug-likeness (QED) is 0.133. The average Bonchev–Trinajstić information content (AvgIpc) is 2.93. The van der Waals surface area contributed by atoms with E-state index in [2.05, 4.69) is 12.2 Å². The molecule has 0 aliphatic carbocycles. The van der Waals surface area contributed by atoms with Gasteiger partial charge in [0.2, 0.25) is 0 Å². The number of benzene rings is 3. The van der Waals surface area contributed by atoms with Crippen molar-refractivity contribution >= 4 is 19.4 Å². The Hall–Kier alpha value is -3.12. The fourth-order valence-electron chi connectivity index (χ4n) is 4.00. The van der Waals surface area contributed by atoms with Crippen LogP contribution in [0.15, 0.2) is 72.8 Å². The maximum Gasteiger partial charge on any atom is 0.530 e. The molecule has 210 valence electrons. The Morgan fingerprint density at radius 1 is 0.744 bits per heavy atom. The molecular formula is C31H40NO6P. The molecule has 0 aliphatic heterocycles. The summed E-state index contributed by atoms with van der Waals surface area (Å²) in [5.41, 5.74) is 3.06. The van der Waals surface area contributed by atoms with Gasteiger partial charge < -0.3 is 14.6 Å². The summed E-state index contributed by atoms with van der Waals surface area (Å²) in [6, 6.07) is 22.0. The molecule has 3 rings (SSSR count). The lowest BCUT2D eigenvalue weighted by Crippen LogP contribution is -2.11. The maximum absolute atomic E-state index is 12.8. The molecule has 8 heteroatoms. The highest BCUT2D eigenvalue weighted by molar-refractivity contribution is 7.48. The van der Waals surface area contributed by atoms with Gasteiger partial charge in [-0.1, -0.05) is 69.4 Å². The maximum atomic E-state index is 12.8. The number of phosphoric ester groups is 1. The van der Waals surface area contributed by atoms with Crippen molar-refractivity contribution in [1.82, 2.24) is 0 Å². The van der Waals surface area contributed by atoms with E-state index in [1.54, 1.807) is 50.2 Å². The van der Waals surface area contributed by atoms with Crippen LogP contribution in [0.3, 0.4) is 0 Å². The van der Waals surface area contributed by atoms with Gasteiger partial charge in [0.1, 0.15) is 11.5 Å². The summed E-state index contributed by atoms with van der Waals surface area (Å²) in [6.45, 7) is 6.74. The third kappa shape index (κ3) is 10.2. The largest absolute Gasteiger partial charge is 0.530 e. The number of unbranched alkanes of at least 4 members (excludes halogenated alkanes) is 5. The van der Waals surface area contributed by atoms with Crippen molar-refractivity contribution < 1.29 is 27.7 Å². The van der Waals surface area contributed by atoms with E-state index >= 15 is 0 Å². The molecule has 3 aromatic rings. The van der Waals surface area contributed by atoms with Crippen LogP contribution in [-0.4, -0.2) is 25.7 Å². The van der Waals surface area contributed by atoms with Crippen LogP contribution in [0.25, 0.3) is 11.1 Å². The molecule has 1 N–H and O–H groups in total. The summed E-state index contributed by atoms with van der Waals surface area (Å²) in [5.74, 6) is 0.871. The molecule has 0 aromatic heterocycles. The van der Waals surface area contributed by atoms with Gasteiger partial charge >= 0.3 is 7.82 Å². The molecule has 0 radical (unpaired) electrons. The smallest absolute Gasteiger partial charge is 0.494 e. The van der Waals surface area contributed by atoms with Crippen molar-refractivity contribution in [1.29, 1.82) is 0 Å². The fraction of sp³-hybridized carbons (Fsp3) is 0.387. The molecule has 39 heavy (non-hydrogen) atoms. The first-order chi connectivity index (χ1) is 19.0. The summed E-state index contributed by atoms with van der Waals surface area (Å²) in [5, 5.41) is 2.85. The number of hydrogen-bond acceptors (Lipinski definition) is 6. The van der Waals surface area contributed by atoms with E-state index < -0.39 is 7.82 Å². The molecule has 0 bridgehead atoms. The third-order valence-corrected chi connectivity index (χ3v) is 7.57. The highest BCUT2D eigenvalue weighted by atomic mass is 31.2. The summed E-state index contributed by atoms with van der Waals surface area (Å²) < 4.78 is 34.3. The van der Waals surface area contributed by atoms with Gasteiger partial charge in [-0.2, -0.15) is 0 Å². The standard InChI is InChI=1S/C31H40NO6P/c1-4-7-8-9-10-11-23-35-29-21-19-26(20-22-29)25-15-17-27(18-16-25)31(33)32-28-13-12-14-30(24-28)38-39(34,36-5-2)37-6-3/h12-22,24H,4-11,23H2,1-3H3,(H,32,33). The van der Waals surface area contributed by atoms with Crippen LogP contribution in [0.1, 0.15) is 69.7 Å². The lowest BCUT2D eigenvalue weighted by molar-refractivity contribution is 0.102. The van der Waals surface area contributed by atoms with Crippen molar-refractivity contribution in [2.45, 2.75) is 59.3 Å². The molecule has 1 amide bonds. The number of carbonyl (C=O) groups excluding carboxylic acids is 1. The number of carbonyl (C=O) groups is 1. The number of amides is 1. The number of rotatable bonds is 17. The highest BCUT2D eigenvalue weighted by Gasteiger charge is 2.27. The van der Waals surface area contributed by atoms with Crippen LogP contribution in [0.4, 0.5) is 5.69 Å². The van der Waals surface area contributed by atoms with E-state index in [0.717, 1.165) is 29.9 Å². The monoisotopic (exact) mass is 553 g/mol. The first-order valence-corrected chi connectivity index (χ1v) is 15.3. The van der Waals surface area contributed by atoms with Gasteiger partial charge in [-0.05, 0) is 67.8 Å². The van der Waals surface area contributed by atoms with Crippen molar-refractivity contribution in [2.75, 3.05) is 25.1 Å². The van der Waals surface area contributed by atoms with Crippen LogP contribution in [-0.2, 0) is 13.6 Å². The van der Waals surface area contributed by atoms with E-state index in [9.17, 15) is 9.36 Å². The second-order valence-corrected chi connectivity index (χ2v) is 10.7. The molecule has 0 aliphatic rings. The van der Waals surface area contributed by atoms with Crippen LogP contribution < -0.4 is 14.6 Å². The number of hydrogen-bond donors (Lipinski definition) is 1. The Labute approximate surface area is 232 Å². The molecule has 3 aromatic carbocycles. The summed E-state index contributed by atoms with van der Waals surface area (Å²) in [6.07, 6.45) is 7.45. The molecular weight excluding hydrogens is 513 g/mol. The van der Waals surface area contributed by atoms with E-state index in [1.165, 1.54) is 32.1 Å². The lowest BCUT2D eigenvalue weighted by Gasteiger charge is -2.17. The molecule has 7 nitrogen and oxygen atoms in total. The lowest BCUT2D eigenvalue weighted by atomic mass is 10.0. The second kappa shape index (κ2) is 16.1. The zero-order valence-corrected chi connectivity index (χ0v) is 24.1. The molecule has 0 atom stereocenters. The Morgan fingerprint density at radius 2 is 1.36 bits per heavy atom. The number of anilines is 1. The van der Waals surface area contributed by atoms with Crippen molar-refractivity contribution in [2.24, 2.45) is 0 Å². The minimum absolute atomic E-state index is 0.181. The minimum Gasteiger partial charge on any atom is -0.494 e. The van der Waals surface area contributed by atoms with Crippen molar-refractivity contribution in [3.05, 3.63) is 78.4 Å². The summed E-state index contributed by atoms with van der Waals surface area (Å²) in [7, 11) is -3.72. The molecule has 0 fully saturated rings. The van der Waals surface area contributed by atoms with Gasteiger partial charge in [0.15, 0.2) is 0 Å². The zero-order chi connectivity index (χ0) is 27.9. The molecule has 0 unspecified atom stereocenters. The van der Waals surface area contributed by atoms with Gasteiger partial charge in [0, 0.05) is 17.3 Å². The fourth-order valence-corrected chi connectivity index (χ4v) is 5.18. The SMILES string of the molecule is CCCCCCCCOc1ccc(-c2ccc(C(=O)Nc3cccc(OP(=O)(OCC)OCC)c3)cc2)cc1. The zero-order valence-electron chi connectivity index (χ0n) is 23.2. The topological polar surface area (TPSA) is 83.1 Å². The molecule has 0 heterocycles. The van der Waals surface area contributed by atoms with E-state index in [0.29, 0.717) is 11.3 Å². The van der Waals surface area contributed by atoms with E-state index in [-0.39, 0.29) is 24.9 Å². The van der Waals surface area contributed by atoms with Crippen LogP contribution in [0.2, 0.25) is 0 Å². The Kier molecular flexibility index (Phi) is 12.6. The van der Waals surface area contributed by atoms with Crippen molar-refractivity contribution in [3.63, 3.8) is 0 Å². The first-order valence-electron chi connectivity index (χ1n) is 13.8. The Bertz CT molecular complexity index is 1190. The van der Waals surface area contributed by atoms with Crippen LogP contribution in [0, 0.1) is 0 Å².